The lowest BCUT2D eigenvalue weighted by atomic mass is 10.2. The van der Waals surface area contributed by atoms with E-state index in [1.54, 1.807) is 26.3 Å². The van der Waals surface area contributed by atoms with Crippen molar-refractivity contribution in [3.63, 3.8) is 0 Å². The van der Waals surface area contributed by atoms with Crippen LogP contribution < -0.4 is 4.74 Å². The van der Waals surface area contributed by atoms with Gasteiger partial charge in [0.25, 0.3) is 0 Å². The van der Waals surface area contributed by atoms with E-state index >= 15 is 0 Å². The highest BCUT2D eigenvalue weighted by molar-refractivity contribution is 5.86. The zero-order valence-electron chi connectivity index (χ0n) is 9.69. The summed E-state index contributed by atoms with van der Waals surface area (Å²) in [5, 5.41) is 0. The topological polar surface area (TPSA) is 48.4 Å². The molecule has 0 bridgehead atoms. The Morgan fingerprint density at radius 2 is 2.31 bits per heavy atom. The van der Waals surface area contributed by atoms with E-state index in [-0.39, 0.29) is 5.97 Å². The van der Waals surface area contributed by atoms with Crippen LogP contribution in [0.15, 0.2) is 18.3 Å². The fourth-order valence-corrected chi connectivity index (χ4v) is 1.24. The SMILES string of the molecule is CCOC(=O)C=Cc1cnc(OC)c(C)c1. The molecule has 16 heavy (non-hydrogen) atoms. The Bertz CT molecular complexity index is 399. The second kappa shape index (κ2) is 5.90. The van der Waals surface area contributed by atoms with E-state index < -0.39 is 0 Å². The first-order valence-corrected chi connectivity index (χ1v) is 5.02. The quantitative estimate of drug-likeness (QED) is 0.576. The van der Waals surface area contributed by atoms with Gasteiger partial charge in [-0.05, 0) is 31.6 Å². The largest absolute Gasteiger partial charge is 0.481 e. The molecule has 1 rings (SSSR count). The molecule has 0 fully saturated rings. The predicted molar refractivity (Wildman–Crippen MR) is 61.2 cm³/mol. The molecule has 0 aromatic carbocycles. The maximum absolute atomic E-state index is 11.1. The molecular weight excluding hydrogens is 206 g/mol. The summed E-state index contributed by atoms with van der Waals surface area (Å²) in [6.07, 6.45) is 4.69. The van der Waals surface area contributed by atoms with Crippen molar-refractivity contribution in [1.29, 1.82) is 0 Å². The molecule has 1 heterocycles. The molecule has 86 valence electrons. The van der Waals surface area contributed by atoms with Gasteiger partial charge in [-0.15, -0.1) is 0 Å². The van der Waals surface area contributed by atoms with Crippen molar-refractivity contribution < 1.29 is 14.3 Å². The smallest absolute Gasteiger partial charge is 0.330 e. The second-order valence-corrected chi connectivity index (χ2v) is 3.18. The number of nitrogens with zero attached hydrogens (tertiary/aromatic N) is 1. The normalized spacial score (nSPS) is 10.4. The Morgan fingerprint density at radius 3 is 2.88 bits per heavy atom. The lowest BCUT2D eigenvalue weighted by molar-refractivity contribution is -0.137. The minimum absolute atomic E-state index is 0.351. The first-order valence-electron chi connectivity index (χ1n) is 5.02. The summed E-state index contributed by atoms with van der Waals surface area (Å²) in [6.45, 7) is 4.04. The van der Waals surface area contributed by atoms with Gasteiger partial charge in [0.15, 0.2) is 0 Å². The minimum atomic E-state index is -0.351. The monoisotopic (exact) mass is 221 g/mol. The first-order chi connectivity index (χ1) is 7.67. The third kappa shape index (κ3) is 3.38. The maximum atomic E-state index is 11.1. The van der Waals surface area contributed by atoms with Gasteiger partial charge in [0, 0.05) is 17.8 Å². The number of rotatable bonds is 4. The van der Waals surface area contributed by atoms with Crippen molar-refractivity contribution in [3.05, 3.63) is 29.5 Å². The standard InChI is InChI=1S/C12H15NO3/c1-4-16-11(14)6-5-10-7-9(2)12(15-3)13-8-10/h5-8H,4H2,1-3H3. The molecule has 0 spiro atoms. The summed E-state index contributed by atoms with van der Waals surface area (Å²) < 4.78 is 9.81. The molecule has 0 unspecified atom stereocenters. The van der Waals surface area contributed by atoms with Crippen LogP contribution in [0.2, 0.25) is 0 Å². The number of hydrogen-bond acceptors (Lipinski definition) is 4. The Morgan fingerprint density at radius 1 is 1.56 bits per heavy atom. The maximum Gasteiger partial charge on any atom is 0.330 e. The van der Waals surface area contributed by atoms with Crippen LogP contribution >= 0.6 is 0 Å². The number of carbonyl (C=O) groups excluding carboxylic acids is 1. The van der Waals surface area contributed by atoms with Crippen molar-refractivity contribution in [2.45, 2.75) is 13.8 Å². The van der Waals surface area contributed by atoms with Crippen molar-refractivity contribution in [1.82, 2.24) is 4.98 Å². The fraction of sp³-hybridized carbons (Fsp3) is 0.333. The fourth-order valence-electron chi connectivity index (χ4n) is 1.24. The van der Waals surface area contributed by atoms with Crippen LogP contribution in [-0.2, 0) is 9.53 Å². The number of pyridine rings is 1. The van der Waals surface area contributed by atoms with Crippen LogP contribution in [-0.4, -0.2) is 24.7 Å². The summed E-state index contributed by atoms with van der Waals surface area (Å²) >= 11 is 0. The van der Waals surface area contributed by atoms with Gasteiger partial charge >= 0.3 is 5.97 Å². The van der Waals surface area contributed by atoms with E-state index in [0.717, 1.165) is 11.1 Å². The lowest BCUT2D eigenvalue weighted by Crippen LogP contribution is -1.98. The van der Waals surface area contributed by atoms with Gasteiger partial charge in [-0.3, -0.25) is 0 Å². The number of aryl methyl sites for hydroxylation is 1. The van der Waals surface area contributed by atoms with E-state index in [9.17, 15) is 4.79 Å². The molecule has 0 aliphatic carbocycles. The molecule has 4 nitrogen and oxygen atoms in total. The van der Waals surface area contributed by atoms with E-state index in [4.69, 9.17) is 9.47 Å². The average molecular weight is 221 g/mol. The van der Waals surface area contributed by atoms with Gasteiger partial charge < -0.3 is 9.47 Å². The van der Waals surface area contributed by atoms with Gasteiger partial charge in [0.2, 0.25) is 5.88 Å². The number of aromatic nitrogens is 1. The van der Waals surface area contributed by atoms with Crippen LogP contribution in [0, 0.1) is 6.92 Å². The molecule has 0 aliphatic rings. The zero-order chi connectivity index (χ0) is 12.0. The lowest BCUT2D eigenvalue weighted by Gasteiger charge is -2.03. The summed E-state index contributed by atoms with van der Waals surface area (Å²) in [7, 11) is 1.57. The van der Waals surface area contributed by atoms with E-state index in [0.29, 0.717) is 12.5 Å². The third-order valence-electron chi connectivity index (χ3n) is 1.94. The zero-order valence-corrected chi connectivity index (χ0v) is 9.69. The Hall–Kier alpha value is -1.84. The number of hydrogen-bond donors (Lipinski definition) is 0. The molecule has 1 aromatic heterocycles. The Labute approximate surface area is 94.9 Å². The Balaban J connectivity index is 2.75. The molecule has 4 heteroatoms. The van der Waals surface area contributed by atoms with Gasteiger partial charge in [-0.1, -0.05) is 0 Å². The van der Waals surface area contributed by atoms with Crippen LogP contribution in [0.1, 0.15) is 18.1 Å². The van der Waals surface area contributed by atoms with Crippen LogP contribution in [0.3, 0.4) is 0 Å². The molecule has 0 radical (unpaired) electrons. The molecule has 0 saturated heterocycles. The van der Waals surface area contributed by atoms with Gasteiger partial charge in [-0.25, -0.2) is 9.78 Å². The molecule has 0 aliphatic heterocycles. The van der Waals surface area contributed by atoms with Gasteiger partial charge in [-0.2, -0.15) is 0 Å². The van der Waals surface area contributed by atoms with E-state index in [2.05, 4.69) is 4.98 Å². The number of esters is 1. The molecule has 0 atom stereocenters. The highest BCUT2D eigenvalue weighted by Gasteiger charge is 2.00. The number of carbonyl (C=O) groups is 1. The second-order valence-electron chi connectivity index (χ2n) is 3.18. The van der Waals surface area contributed by atoms with Crippen LogP contribution in [0.25, 0.3) is 6.08 Å². The van der Waals surface area contributed by atoms with Gasteiger partial charge in [0.1, 0.15) is 0 Å². The highest BCUT2D eigenvalue weighted by Crippen LogP contribution is 2.15. The average Bonchev–Trinajstić information content (AvgIpc) is 2.27. The summed E-state index contributed by atoms with van der Waals surface area (Å²) in [4.78, 5) is 15.2. The van der Waals surface area contributed by atoms with Crippen molar-refractivity contribution in [2.75, 3.05) is 13.7 Å². The summed E-state index contributed by atoms with van der Waals surface area (Å²) in [5.74, 6) is 0.240. The van der Waals surface area contributed by atoms with Crippen molar-refractivity contribution >= 4 is 12.0 Å². The van der Waals surface area contributed by atoms with E-state index in [1.165, 1.54) is 6.08 Å². The molecular formula is C12H15NO3. The first kappa shape index (κ1) is 12.2. The number of methoxy groups -OCH3 is 1. The number of ether oxygens (including phenoxy) is 2. The minimum Gasteiger partial charge on any atom is -0.481 e. The van der Waals surface area contributed by atoms with E-state index in [1.807, 2.05) is 13.0 Å². The molecule has 1 aromatic rings. The van der Waals surface area contributed by atoms with Crippen molar-refractivity contribution in [2.24, 2.45) is 0 Å². The van der Waals surface area contributed by atoms with Crippen LogP contribution in [0.4, 0.5) is 0 Å². The Kier molecular flexibility index (Phi) is 4.51. The van der Waals surface area contributed by atoms with Gasteiger partial charge in [0.05, 0.1) is 13.7 Å². The summed E-state index contributed by atoms with van der Waals surface area (Å²) in [6, 6.07) is 1.89. The molecule has 0 N–H and O–H groups in total. The third-order valence-corrected chi connectivity index (χ3v) is 1.94. The highest BCUT2D eigenvalue weighted by atomic mass is 16.5. The molecule has 0 saturated carbocycles. The predicted octanol–water partition coefficient (Wildman–Crippen LogP) is 1.97. The molecule has 0 amide bonds. The summed E-state index contributed by atoms with van der Waals surface area (Å²) in [5.41, 5.74) is 1.76. The van der Waals surface area contributed by atoms with Crippen molar-refractivity contribution in [3.8, 4) is 5.88 Å². The van der Waals surface area contributed by atoms with Crippen LogP contribution in [0.5, 0.6) is 5.88 Å².